The van der Waals surface area contributed by atoms with Crippen LogP contribution in [0, 0.1) is 0 Å². The van der Waals surface area contributed by atoms with Crippen LogP contribution < -0.4 is 10.3 Å². The number of halogens is 4. The molecule has 2 rings (SSSR count). The van der Waals surface area contributed by atoms with Gasteiger partial charge in [-0.25, -0.2) is 0 Å². The zero-order valence-corrected chi connectivity index (χ0v) is 13.6. The van der Waals surface area contributed by atoms with E-state index in [2.05, 4.69) is 4.98 Å². The van der Waals surface area contributed by atoms with Gasteiger partial charge in [-0.3, -0.25) is 4.79 Å². The van der Waals surface area contributed by atoms with Crippen LogP contribution in [0.25, 0.3) is 0 Å². The van der Waals surface area contributed by atoms with E-state index >= 15 is 0 Å². The van der Waals surface area contributed by atoms with Gasteiger partial charge in [-0.05, 0) is 29.8 Å². The van der Waals surface area contributed by atoms with Crippen molar-refractivity contribution in [2.24, 2.45) is 0 Å². The number of aromatic amines is 1. The van der Waals surface area contributed by atoms with Gasteiger partial charge in [0.1, 0.15) is 5.75 Å². The molecule has 0 fully saturated rings. The van der Waals surface area contributed by atoms with Crippen molar-refractivity contribution in [3.63, 3.8) is 0 Å². The lowest BCUT2D eigenvalue weighted by Gasteiger charge is -2.36. The fourth-order valence-corrected chi connectivity index (χ4v) is 2.90. The summed E-state index contributed by atoms with van der Waals surface area (Å²) in [7, 11) is 1.39. The van der Waals surface area contributed by atoms with Gasteiger partial charge >= 0.3 is 6.18 Å². The average Bonchev–Trinajstić information content (AvgIpc) is 2.52. The van der Waals surface area contributed by atoms with Crippen LogP contribution in [-0.2, 0) is 5.60 Å². The number of methoxy groups -OCH3 is 1. The molecule has 0 amide bonds. The summed E-state index contributed by atoms with van der Waals surface area (Å²) in [6.45, 7) is 1.16. The Hall–Kier alpha value is -1.99. The minimum Gasteiger partial charge on any atom is -0.497 e. The fourth-order valence-electron chi connectivity index (χ4n) is 2.56. The summed E-state index contributed by atoms with van der Waals surface area (Å²) in [4.78, 5) is 14.0. The lowest BCUT2D eigenvalue weighted by atomic mass is 9.78. The molecule has 0 bridgehead atoms. The number of hydrogen-bond donors (Lipinski definition) is 2. The summed E-state index contributed by atoms with van der Waals surface area (Å²) >= 11 is 6.04. The molecule has 130 valence electrons. The summed E-state index contributed by atoms with van der Waals surface area (Å²) in [6, 6.07) is 6.28. The maximum atomic E-state index is 13.7. The summed E-state index contributed by atoms with van der Waals surface area (Å²) < 4.78 is 46.1. The molecule has 2 unspecified atom stereocenters. The molecule has 4 nitrogen and oxygen atoms in total. The fraction of sp³-hybridized carbons (Fsp3) is 0.312. The summed E-state index contributed by atoms with van der Waals surface area (Å²) in [6.07, 6.45) is -3.91. The molecule has 0 aliphatic carbocycles. The largest absolute Gasteiger partial charge is 0.497 e. The molecule has 0 radical (unpaired) electrons. The number of pyridine rings is 1. The van der Waals surface area contributed by atoms with Crippen LogP contribution in [-0.4, -0.2) is 23.4 Å². The Morgan fingerprint density at radius 2 is 1.96 bits per heavy atom. The first-order chi connectivity index (χ1) is 11.1. The van der Waals surface area contributed by atoms with Crippen LogP contribution in [0.1, 0.15) is 24.0 Å². The van der Waals surface area contributed by atoms with E-state index in [4.69, 9.17) is 16.3 Å². The maximum absolute atomic E-state index is 13.7. The van der Waals surface area contributed by atoms with Crippen molar-refractivity contribution in [1.82, 2.24) is 4.98 Å². The van der Waals surface area contributed by atoms with E-state index in [1.807, 2.05) is 0 Å². The number of rotatable bonds is 4. The second-order valence-corrected chi connectivity index (χ2v) is 5.69. The van der Waals surface area contributed by atoms with Crippen LogP contribution in [0.15, 0.2) is 41.3 Å². The molecule has 8 heteroatoms. The van der Waals surface area contributed by atoms with Gasteiger partial charge in [0.2, 0.25) is 0 Å². The number of aliphatic hydroxyl groups is 1. The number of H-pyrrole nitrogens is 1. The molecule has 0 spiro atoms. The molecule has 0 saturated carbocycles. The van der Waals surface area contributed by atoms with Crippen LogP contribution in [0.4, 0.5) is 13.2 Å². The van der Waals surface area contributed by atoms with Crippen LogP contribution >= 0.6 is 11.6 Å². The minimum atomic E-state index is -5.09. The number of aromatic nitrogens is 1. The summed E-state index contributed by atoms with van der Waals surface area (Å²) in [5.74, 6) is -1.16. The highest BCUT2D eigenvalue weighted by Crippen LogP contribution is 2.48. The predicted molar refractivity (Wildman–Crippen MR) is 83.4 cm³/mol. The van der Waals surface area contributed by atoms with Gasteiger partial charge < -0.3 is 14.8 Å². The third-order valence-corrected chi connectivity index (χ3v) is 4.29. The van der Waals surface area contributed by atoms with E-state index in [1.54, 1.807) is 0 Å². The Bertz CT molecular complexity index is 791. The first-order valence-electron chi connectivity index (χ1n) is 6.93. The molecule has 1 aromatic carbocycles. The second kappa shape index (κ2) is 6.49. The molecule has 1 aromatic heterocycles. The monoisotopic (exact) mass is 361 g/mol. The molecule has 0 aliphatic heterocycles. The number of benzene rings is 1. The van der Waals surface area contributed by atoms with Crippen LogP contribution in [0.5, 0.6) is 5.75 Å². The SMILES string of the molecule is COc1ccc(C(C)C(O)(c2ccc[nH]c2=O)C(F)(F)F)c(Cl)c1. The standard InChI is InChI=1S/C16H15ClF3NO3/c1-9(11-6-5-10(24-2)8-13(11)17)15(23,16(18,19)20)12-4-3-7-21-14(12)22/h3-9,23H,1-2H3,(H,21,22). The van der Waals surface area contributed by atoms with Gasteiger partial charge in [0.05, 0.1) is 12.7 Å². The van der Waals surface area contributed by atoms with Crippen molar-refractivity contribution < 1.29 is 23.0 Å². The van der Waals surface area contributed by atoms with E-state index in [-0.39, 0.29) is 10.6 Å². The van der Waals surface area contributed by atoms with Crippen molar-refractivity contribution in [2.75, 3.05) is 7.11 Å². The molecule has 2 N–H and O–H groups in total. The summed E-state index contributed by atoms with van der Waals surface area (Å²) in [5, 5.41) is 10.5. The first-order valence-corrected chi connectivity index (χ1v) is 7.31. The Balaban J connectivity index is 2.66. The van der Waals surface area contributed by atoms with E-state index in [0.29, 0.717) is 5.75 Å². The van der Waals surface area contributed by atoms with Gasteiger partial charge in [0.15, 0.2) is 5.60 Å². The Morgan fingerprint density at radius 1 is 1.29 bits per heavy atom. The van der Waals surface area contributed by atoms with Crippen molar-refractivity contribution in [3.8, 4) is 5.75 Å². The van der Waals surface area contributed by atoms with E-state index in [9.17, 15) is 23.1 Å². The zero-order valence-electron chi connectivity index (χ0n) is 12.8. The first kappa shape index (κ1) is 18.4. The van der Waals surface area contributed by atoms with E-state index in [0.717, 1.165) is 13.0 Å². The molecule has 2 atom stereocenters. The molecule has 0 aliphatic rings. The van der Waals surface area contributed by atoms with Gasteiger partial charge in [-0.15, -0.1) is 0 Å². The van der Waals surface area contributed by atoms with Crippen molar-refractivity contribution >= 4 is 11.6 Å². The summed E-state index contributed by atoms with van der Waals surface area (Å²) in [5.41, 5.74) is -5.17. The molecule has 24 heavy (non-hydrogen) atoms. The average molecular weight is 362 g/mol. The van der Waals surface area contributed by atoms with Crippen LogP contribution in [0.2, 0.25) is 5.02 Å². The van der Waals surface area contributed by atoms with E-state index < -0.39 is 28.8 Å². The predicted octanol–water partition coefficient (Wildman–Crippen LogP) is 3.59. The Labute approximate surface area is 140 Å². The lowest BCUT2D eigenvalue weighted by molar-refractivity contribution is -0.275. The highest BCUT2D eigenvalue weighted by molar-refractivity contribution is 6.31. The number of nitrogens with one attached hydrogen (secondary N) is 1. The molecular weight excluding hydrogens is 347 g/mol. The minimum absolute atomic E-state index is 0.00288. The Kier molecular flexibility index (Phi) is 4.96. The van der Waals surface area contributed by atoms with Gasteiger partial charge in [0, 0.05) is 17.1 Å². The van der Waals surface area contributed by atoms with Crippen molar-refractivity contribution in [2.45, 2.75) is 24.6 Å². The van der Waals surface area contributed by atoms with Crippen LogP contribution in [0.3, 0.4) is 0 Å². The third-order valence-electron chi connectivity index (χ3n) is 3.96. The number of alkyl halides is 3. The zero-order chi connectivity index (χ0) is 18.1. The Morgan fingerprint density at radius 3 is 2.46 bits per heavy atom. The van der Waals surface area contributed by atoms with E-state index in [1.165, 1.54) is 37.6 Å². The normalized spacial score (nSPS) is 15.6. The third kappa shape index (κ3) is 3.01. The van der Waals surface area contributed by atoms with Gasteiger partial charge in [-0.1, -0.05) is 24.6 Å². The van der Waals surface area contributed by atoms with Gasteiger partial charge in [0.25, 0.3) is 5.56 Å². The highest BCUT2D eigenvalue weighted by Gasteiger charge is 2.60. The molecular formula is C16H15ClF3NO3. The molecule has 2 aromatic rings. The smallest absolute Gasteiger partial charge is 0.422 e. The quantitative estimate of drug-likeness (QED) is 0.874. The van der Waals surface area contributed by atoms with Crippen molar-refractivity contribution in [1.29, 1.82) is 0 Å². The van der Waals surface area contributed by atoms with Gasteiger partial charge in [-0.2, -0.15) is 13.2 Å². The highest BCUT2D eigenvalue weighted by atomic mass is 35.5. The topological polar surface area (TPSA) is 62.3 Å². The lowest BCUT2D eigenvalue weighted by Crippen LogP contribution is -2.49. The van der Waals surface area contributed by atoms with Crippen molar-refractivity contribution in [3.05, 3.63) is 63.0 Å². The molecule has 0 saturated heterocycles. The molecule has 1 heterocycles. The second-order valence-electron chi connectivity index (χ2n) is 5.29. The number of hydrogen-bond acceptors (Lipinski definition) is 3. The maximum Gasteiger partial charge on any atom is 0.422 e. The number of ether oxygens (including phenoxy) is 1.